The van der Waals surface area contributed by atoms with Gasteiger partial charge in [-0.25, -0.2) is 4.98 Å². The molecule has 194 valence electrons. The molecule has 4 aromatic rings. The van der Waals surface area contributed by atoms with Crippen molar-refractivity contribution in [3.8, 4) is 11.5 Å². The van der Waals surface area contributed by atoms with Gasteiger partial charge in [0.15, 0.2) is 6.61 Å². The lowest BCUT2D eigenvalue weighted by molar-refractivity contribution is -0.123. The number of carbonyl (C=O) groups excluding carboxylic acids is 1. The summed E-state index contributed by atoms with van der Waals surface area (Å²) in [6, 6.07) is 23.4. The molecule has 0 fully saturated rings. The number of benzene rings is 3. The number of hydrogen-bond acceptors (Lipinski definition) is 4. The topological polar surface area (TPSA) is 65.4 Å². The van der Waals surface area contributed by atoms with Gasteiger partial charge in [-0.2, -0.15) is 0 Å². The molecule has 4 rings (SSSR count). The lowest BCUT2D eigenvalue weighted by Gasteiger charge is -2.14. The fraction of sp³-hybridized carbons (Fsp3) is 0.333. The summed E-state index contributed by atoms with van der Waals surface area (Å²) in [4.78, 5) is 17.0. The van der Waals surface area contributed by atoms with Crippen LogP contribution in [0.5, 0.6) is 11.5 Å². The van der Waals surface area contributed by atoms with Crippen LogP contribution in [0.4, 0.5) is 0 Å². The molecule has 1 heterocycles. The summed E-state index contributed by atoms with van der Waals surface area (Å²) in [5.74, 6) is 2.87. The van der Waals surface area contributed by atoms with Crippen molar-refractivity contribution in [1.29, 1.82) is 0 Å². The van der Waals surface area contributed by atoms with Crippen LogP contribution in [0.25, 0.3) is 11.0 Å². The van der Waals surface area contributed by atoms with E-state index >= 15 is 0 Å². The third kappa shape index (κ3) is 7.49. The Labute approximate surface area is 223 Å². The minimum absolute atomic E-state index is 0.0277. The summed E-state index contributed by atoms with van der Waals surface area (Å²) in [5.41, 5.74) is 3.35. The first-order valence-electron chi connectivity index (χ1n) is 12.8. The van der Waals surface area contributed by atoms with E-state index in [1.54, 1.807) is 24.3 Å². The number of hydrogen-bond donors (Lipinski definition) is 1. The minimum atomic E-state index is -0.151. The molecule has 0 spiro atoms. The van der Waals surface area contributed by atoms with Crippen LogP contribution >= 0.6 is 11.6 Å². The number of aryl methyl sites for hydroxylation is 2. The van der Waals surface area contributed by atoms with Gasteiger partial charge in [-0.1, -0.05) is 55.8 Å². The molecule has 0 saturated carbocycles. The van der Waals surface area contributed by atoms with Gasteiger partial charge in [-0.05, 0) is 66.8 Å². The Morgan fingerprint density at radius 1 is 0.973 bits per heavy atom. The summed E-state index contributed by atoms with van der Waals surface area (Å²) in [6.07, 6.45) is 2.43. The van der Waals surface area contributed by atoms with Gasteiger partial charge in [0.2, 0.25) is 0 Å². The number of imidazole rings is 1. The van der Waals surface area contributed by atoms with Gasteiger partial charge in [-0.15, -0.1) is 0 Å². The van der Waals surface area contributed by atoms with Crippen LogP contribution in [-0.2, 0) is 17.8 Å². The van der Waals surface area contributed by atoms with Gasteiger partial charge >= 0.3 is 0 Å². The first-order chi connectivity index (χ1) is 18.0. The van der Waals surface area contributed by atoms with Crippen LogP contribution in [0, 0.1) is 0 Å². The molecule has 1 aromatic heterocycles. The van der Waals surface area contributed by atoms with Crippen LogP contribution < -0.4 is 14.8 Å². The maximum Gasteiger partial charge on any atom is 0.257 e. The molecule has 0 radical (unpaired) electrons. The van der Waals surface area contributed by atoms with E-state index in [0.29, 0.717) is 29.8 Å². The number of halogens is 1. The van der Waals surface area contributed by atoms with Crippen molar-refractivity contribution in [3.63, 3.8) is 0 Å². The molecule has 1 amide bonds. The largest absolute Gasteiger partial charge is 0.493 e. The number of para-hydroxylation sites is 3. The van der Waals surface area contributed by atoms with Crippen molar-refractivity contribution in [3.05, 3.63) is 89.2 Å². The molecule has 0 atom stereocenters. The van der Waals surface area contributed by atoms with Gasteiger partial charge in [0, 0.05) is 24.5 Å². The standard InChI is InChI=1S/C30H34ClN3O3/c1-22(2)25-9-3-6-12-28(25)36-20-8-19-34-27-11-5-4-10-26(27)33-29(34)13-7-18-32-30(35)21-37-24-16-14-23(31)15-17-24/h3-6,9-12,14-17,22H,7-8,13,18-21H2,1-2H3,(H,32,35). The number of aromatic nitrogens is 2. The molecule has 0 aliphatic rings. The van der Waals surface area contributed by atoms with Crippen LogP contribution in [0.2, 0.25) is 5.02 Å². The number of ether oxygens (including phenoxy) is 2. The van der Waals surface area contributed by atoms with Crippen molar-refractivity contribution in [2.75, 3.05) is 19.8 Å². The number of nitrogens with one attached hydrogen (secondary N) is 1. The molecular formula is C30H34ClN3O3. The Hall–Kier alpha value is -3.51. The first-order valence-corrected chi connectivity index (χ1v) is 13.2. The summed E-state index contributed by atoms with van der Waals surface area (Å²) in [5, 5.41) is 3.56. The second-order valence-electron chi connectivity index (χ2n) is 9.26. The highest BCUT2D eigenvalue weighted by molar-refractivity contribution is 6.30. The predicted molar refractivity (Wildman–Crippen MR) is 149 cm³/mol. The molecule has 0 aliphatic carbocycles. The Balaban J connectivity index is 1.27. The molecule has 37 heavy (non-hydrogen) atoms. The average Bonchev–Trinajstić information content (AvgIpc) is 3.26. The third-order valence-corrected chi connectivity index (χ3v) is 6.39. The first kappa shape index (κ1) is 26.6. The second-order valence-corrected chi connectivity index (χ2v) is 9.70. The molecule has 3 aromatic carbocycles. The molecular weight excluding hydrogens is 486 g/mol. The van der Waals surface area contributed by atoms with E-state index in [-0.39, 0.29) is 12.5 Å². The fourth-order valence-corrected chi connectivity index (χ4v) is 4.39. The van der Waals surface area contributed by atoms with E-state index in [1.807, 2.05) is 30.3 Å². The van der Waals surface area contributed by atoms with Crippen LogP contribution in [0.1, 0.15) is 44.0 Å². The van der Waals surface area contributed by atoms with Crippen LogP contribution in [0.15, 0.2) is 72.8 Å². The quantitative estimate of drug-likeness (QED) is 0.207. The lowest BCUT2D eigenvalue weighted by Crippen LogP contribution is -2.30. The highest BCUT2D eigenvalue weighted by Gasteiger charge is 2.12. The maximum atomic E-state index is 12.2. The third-order valence-electron chi connectivity index (χ3n) is 6.14. The van der Waals surface area contributed by atoms with Gasteiger partial charge in [-0.3, -0.25) is 4.79 Å². The number of rotatable bonds is 13. The zero-order valence-corrected chi connectivity index (χ0v) is 22.2. The molecule has 0 unspecified atom stereocenters. The monoisotopic (exact) mass is 519 g/mol. The van der Waals surface area contributed by atoms with Crippen LogP contribution in [0.3, 0.4) is 0 Å². The average molecular weight is 520 g/mol. The number of fused-ring (bicyclic) bond motifs is 1. The van der Waals surface area contributed by atoms with E-state index in [9.17, 15) is 4.79 Å². The molecule has 0 bridgehead atoms. The van der Waals surface area contributed by atoms with Crippen LogP contribution in [-0.4, -0.2) is 35.2 Å². The lowest BCUT2D eigenvalue weighted by atomic mass is 10.0. The molecule has 7 heteroatoms. The van der Waals surface area contributed by atoms with Crippen molar-refractivity contribution >= 4 is 28.5 Å². The van der Waals surface area contributed by atoms with E-state index in [1.165, 1.54) is 5.56 Å². The minimum Gasteiger partial charge on any atom is -0.493 e. The highest BCUT2D eigenvalue weighted by Crippen LogP contribution is 2.26. The maximum absolute atomic E-state index is 12.2. The van der Waals surface area contributed by atoms with Crippen molar-refractivity contribution in [1.82, 2.24) is 14.9 Å². The van der Waals surface area contributed by atoms with Gasteiger partial charge in [0.05, 0.1) is 17.6 Å². The Morgan fingerprint density at radius 2 is 1.73 bits per heavy atom. The zero-order chi connectivity index (χ0) is 26.0. The fourth-order valence-electron chi connectivity index (χ4n) is 4.26. The number of nitrogens with zero attached hydrogens (tertiary/aromatic N) is 2. The Bertz CT molecular complexity index is 1300. The second kappa shape index (κ2) is 13.2. The van der Waals surface area contributed by atoms with E-state index in [2.05, 4.69) is 41.9 Å². The van der Waals surface area contributed by atoms with E-state index < -0.39 is 0 Å². The number of amides is 1. The summed E-state index contributed by atoms with van der Waals surface area (Å²) in [7, 11) is 0. The van der Waals surface area contributed by atoms with E-state index in [4.69, 9.17) is 26.1 Å². The molecule has 0 saturated heterocycles. The molecule has 0 aliphatic heterocycles. The van der Waals surface area contributed by atoms with Crippen molar-refractivity contribution in [2.45, 2.75) is 45.6 Å². The Kier molecular flexibility index (Phi) is 9.44. The highest BCUT2D eigenvalue weighted by atomic mass is 35.5. The normalized spacial score (nSPS) is 11.1. The summed E-state index contributed by atoms with van der Waals surface area (Å²) >= 11 is 5.88. The van der Waals surface area contributed by atoms with Crippen molar-refractivity contribution in [2.24, 2.45) is 0 Å². The van der Waals surface area contributed by atoms with Gasteiger partial charge in [0.25, 0.3) is 5.91 Å². The van der Waals surface area contributed by atoms with Gasteiger partial charge < -0.3 is 19.4 Å². The zero-order valence-electron chi connectivity index (χ0n) is 21.5. The summed E-state index contributed by atoms with van der Waals surface area (Å²) in [6.45, 7) is 6.35. The Morgan fingerprint density at radius 3 is 2.54 bits per heavy atom. The van der Waals surface area contributed by atoms with Crippen molar-refractivity contribution < 1.29 is 14.3 Å². The molecule has 1 N–H and O–H groups in total. The predicted octanol–water partition coefficient (Wildman–Crippen LogP) is 6.41. The van der Waals surface area contributed by atoms with Gasteiger partial charge in [0.1, 0.15) is 17.3 Å². The smallest absolute Gasteiger partial charge is 0.257 e. The summed E-state index contributed by atoms with van der Waals surface area (Å²) < 4.78 is 13.9. The SMILES string of the molecule is CC(C)c1ccccc1OCCCn1c(CCCNC(=O)COc2ccc(Cl)cc2)nc2ccccc21. The molecule has 6 nitrogen and oxygen atoms in total. The number of carbonyl (C=O) groups is 1. The van der Waals surface area contributed by atoms with E-state index in [0.717, 1.165) is 48.4 Å².